The highest BCUT2D eigenvalue weighted by Crippen LogP contribution is 1.49. The highest BCUT2D eigenvalue weighted by Gasteiger charge is 1.44. The van der Waals surface area contributed by atoms with Crippen LogP contribution in [0.25, 0.3) is 0 Å². The van der Waals surface area contributed by atoms with Gasteiger partial charge in [-0.1, -0.05) is 0 Å². The van der Waals surface area contributed by atoms with E-state index < -0.39 is 0 Å². The van der Waals surface area contributed by atoms with Gasteiger partial charge in [0.2, 0.25) is 0 Å². The van der Waals surface area contributed by atoms with Gasteiger partial charge in [-0.2, -0.15) is 0 Å². The fourth-order valence-electron chi connectivity index (χ4n) is 0.0471. The summed E-state index contributed by atoms with van der Waals surface area (Å²) in [6.45, 7) is 1.71. The Morgan fingerprint density at radius 3 is 2.60 bits per heavy atom. The van der Waals surface area contributed by atoms with E-state index in [-0.39, 0.29) is 11.9 Å². The molecule has 5 heavy (non-hydrogen) atoms. The largest absolute Gasteiger partial charge is 0.238 e. The summed E-state index contributed by atoms with van der Waals surface area (Å²) in [5.41, 5.74) is 0. The van der Waals surface area contributed by atoms with Crippen LogP contribution in [-0.2, 0) is 11.9 Å². The molecule has 0 rings (SSSR count). The molecule has 0 heterocycles. The van der Waals surface area contributed by atoms with E-state index in [1.54, 1.807) is 6.92 Å². The van der Waals surface area contributed by atoms with Crippen LogP contribution in [0, 0.1) is 0 Å². The lowest BCUT2D eigenvalue weighted by Gasteiger charge is -1.54. The molecule has 0 saturated heterocycles. The standard InChI is InChI=1S/C2H5NOS/c1-2-3-5-4/h2,5H,1H3. The topological polar surface area (TPSA) is 29.4 Å². The fourth-order valence-corrected chi connectivity index (χ4v) is 0.141. The van der Waals surface area contributed by atoms with Gasteiger partial charge >= 0.3 is 0 Å². The van der Waals surface area contributed by atoms with E-state index >= 15 is 0 Å². The molecule has 0 amide bonds. The van der Waals surface area contributed by atoms with Crippen molar-refractivity contribution in [2.75, 3.05) is 0 Å². The molecule has 0 aliphatic rings. The van der Waals surface area contributed by atoms with Gasteiger partial charge < -0.3 is 0 Å². The first-order chi connectivity index (χ1) is 2.41. The maximum absolute atomic E-state index is 9.30. The monoisotopic (exact) mass is 91.0 g/mol. The Morgan fingerprint density at radius 1 is 2.00 bits per heavy atom. The molecule has 0 spiro atoms. The van der Waals surface area contributed by atoms with Crippen LogP contribution >= 0.6 is 0 Å². The maximum atomic E-state index is 9.30. The van der Waals surface area contributed by atoms with Crippen LogP contribution < -0.4 is 0 Å². The third-order valence-electron chi connectivity index (χ3n) is 0.163. The second kappa shape index (κ2) is 3.82. The molecule has 0 N–H and O–H groups in total. The molecule has 0 bridgehead atoms. The number of hydrogen-bond donors (Lipinski definition) is 1. The van der Waals surface area contributed by atoms with Crippen LogP contribution in [0.3, 0.4) is 0 Å². The zero-order valence-corrected chi connectivity index (χ0v) is 3.77. The fraction of sp³-hybridized carbons (Fsp3) is 0.500. The molecule has 0 saturated carbocycles. The van der Waals surface area contributed by atoms with Crippen molar-refractivity contribution in [2.24, 2.45) is 4.40 Å². The van der Waals surface area contributed by atoms with Gasteiger partial charge in [-0.15, -0.1) is 0 Å². The predicted molar refractivity (Wildman–Crippen MR) is 23.7 cm³/mol. The van der Waals surface area contributed by atoms with Crippen molar-refractivity contribution >= 4 is 18.1 Å². The molecule has 0 unspecified atom stereocenters. The molecule has 30 valence electrons. The predicted octanol–water partition coefficient (Wildman–Crippen LogP) is -0.0626. The van der Waals surface area contributed by atoms with Gasteiger partial charge in [0.15, 0.2) is 0 Å². The first-order valence-electron chi connectivity index (χ1n) is 1.22. The van der Waals surface area contributed by atoms with Gasteiger partial charge in [0.1, 0.15) is 11.9 Å². The third kappa shape index (κ3) is 3.82. The lowest BCUT2D eigenvalue weighted by Crippen LogP contribution is -1.52. The average Bonchev–Trinajstić information content (AvgIpc) is 1.41. The normalized spacial score (nSPS) is 9.80. The van der Waals surface area contributed by atoms with Crippen molar-refractivity contribution in [3.63, 3.8) is 0 Å². The molecule has 0 aliphatic heterocycles. The van der Waals surface area contributed by atoms with E-state index in [4.69, 9.17) is 0 Å². The molecule has 2 nitrogen and oxygen atoms in total. The molecular weight excluding hydrogens is 86.1 g/mol. The third-order valence-corrected chi connectivity index (χ3v) is 0.488. The Hall–Kier alpha value is -0.180. The molecular formula is C2H5NOS. The van der Waals surface area contributed by atoms with Crippen molar-refractivity contribution in [2.45, 2.75) is 6.92 Å². The van der Waals surface area contributed by atoms with Crippen LogP contribution in [-0.4, -0.2) is 10.4 Å². The molecule has 0 aliphatic carbocycles. The quantitative estimate of drug-likeness (QED) is 0.355. The second-order valence-corrected chi connectivity index (χ2v) is 0.850. The first-order valence-corrected chi connectivity index (χ1v) is 1.98. The van der Waals surface area contributed by atoms with Crippen molar-refractivity contribution in [3.8, 4) is 0 Å². The first kappa shape index (κ1) is 4.82. The lowest BCUT2D eigenvalue weighted by atomic mass is 10.9. The summed E-state index contributed by atoms with van der Waals surface area (Å²) < 4.78 is 12.6. The van der Waals surface area contributed by atoms with Crippen molar-refractivity contribution in [3.05, 3.63) is 0 Å². The van der Waals surface area contributed by atoms with Crippen molar-refractivity contribution in [1.29, 1.82) is 0 Å². The molecule has 0 aromatic rings. The van der Waals surface area contributed by atoms with Gasteiger partial charge in [0.05, 0.1) is 0 Å². The van der Waals surface area contributed by atoms with E-state index in [1.807, 2.05) is 0 Å². The molecule has 0 radical (unpaired) electrons. The summed E-state index contributed by atoms with van der Waals surface area (Å²) in [6, 6.07) is 0. The zero-order chi connectivity index (χ0) is 4.12. The van der Waals surface area contributed by atoms with Crippen LogP contribution in [0.15, 0.2) is 4.40 Å². The number of hydrogen-bond acceptors (Lipinski definition) is 1. The summed E-state index contributed by atoms with van der Waals surface area (Å²) in [5, 5.41) is 0. The number of rotatable bonds is 1. The molecule has 3 heteroatoms. The van der Waals surface area contributed by atoms with Crippen molar-refractivity contribution in [1.82, 2.24) is 0 Å². The van der Waals surface area contributed by atoms with E-state index in [9.17, 15) is 4.21 Å². The van der Waals surface area contributed by atoms with E-state index in [1.165, 1.54) is 6.21 Å². The highest BCUT2D eigenvalue weighted by atomic mass is 32.2. The summed E-state index contributed by atoms with van der Waals surface area (Å²) in [7, 11) is 0. The Kier molecular flexibility index (Phi) is 3.68. The average molecular weight is 91.1 g/mol. The van der Waals surface area contributed by atoms with E-state index in [0.717, 1.165) is 0 Å². The van der Waals surface area contributed by atoms with Gasteiger partial charge in [0, 0.05) is 6.21 Å². The minimum atomic E-state index is -0.151. The summed E-state index contributed by atoms with van der Waals surface area (Å²) >= 11 is -0.151. The molecule has 0 atom stereocenters. The zero-order valence-electron chi connectivity index (χ0n) is 2.88. The number of thiol groups is 1. The number of nitrogens with zero attached hydrogens (tertiary/aromatic N) is 1. The minimum absolute atomic E-state index is 0.151. The summed E-state index contributed by atoms with van der Waals surface area (Å²) in [4.78, 5) is 0. The highest BCUT2D eigenvalue weighted by molar-refractivity contribution is 7.64. The Balaban J connectivity index is 2.92. The van der Waals surface area contributed by atoms with Crippen LogP contribution in [0.2, 0.25) is 0 Å². The van der Waals surface area contributed by atoms with Gasteiger partial charge in [0.25, 0.3) is 0 Å². The Morgan fingerprint density at radius 2 is 2.60 bits per heavy atom. The van der Waals surface area contributed by atoms with Gasteiger partial charge in [-0.25, -0.2) is 8.61 Å². The smallest absolute Gasteiger partial charge is 0.125 e. The second-order valence-electron chi connectivity index (χ2n) is 0.455. The molecule has 0 fully saturated rings. The summed E-state index contributed by atoms with van der Waals surface area (Å²) in [6.07, 6.45) is 1.48. The Bertz CT molecular complexity index is 51.6. The van der Waals surface area contributed by atoms with Crippen LogP contribution in [0.5, 0.6) is 0 Å². The van der Waals surface area contributed by atoms with Gasteiger partial charge in [-0.3, -0.25) is 0 Å². The lowest BCUT2D eigenvalue weighted by molar-refractivity contribution is 0.695. The Labute approximate surface area is 34.5 Å². The summed E-state index contributed by atoms with van der Waals surface area (Å²) in [5.74, 6) is 0. The van der Waals surface area contributed by atoms with E-state index in [2.05, 4.69) is 4.40 Å². The molecule has 0 aromatic heterocycles. The SMILES string of the molecule is CC=N[SH]=O. The van der Waals surface area contributed by atoms with Crippen LogP contribution in [0.1, 0.15) is 6.92 Å². The minimum Gasteiger partial charge on any atom is -0.238 e. The van der Waals surface area contributed by atoms with Crippen LogP contribution in [0.4, 0.5) is 0 Å². The van der Waals surface area contributed by atoms with Crippen molar-refractivity contribution < 1.29 is 4.21 Å². The van der Waals surface area contributed by atoms with Gasteiger partial charge in [-0.05, 0) is 6.92 Å². The van der Waals surface area contributed by atoms with E-state index in [0.29, 0.717) is 0 Å². The molecule has 0 aromatic carbocycles. The maximum Gasteiger partial charge on any atom is 0.125 e.